The number of rotatable bonds is 5. The van der Waals surface area contributed by atoms with Crippen LogP contribution in [0.1, 0.15) is 32.8 Å². The van der Waals surface area contributed by atoms with E-state index < -0.39 is 5.41 Å². The van der Waals surface area contributed by atoms with E-state index in [1.807, 2.05) is 20.8 Å². The van der Waals surface area contributed by atoms with E-state index in [9.17, 15) is 4.79 Å². The van der Waals surface area contributed by atoms with Crippen molar-refractivity contribution >= 4 is 11.7 Å². The van der Waals surface area contributed by atoms with Gasteiger partial charge < -0.3 is 10.5 Å². The van der Waals surface area contributed by atoms with E-state index in [1.165, 1.54) is 0 Å². The van der Waals surface area contributed by atoms with E-state index in [0.717, 1.165) is 12.0 Å². The first-order valence-electron chi connectivity index (χ1n) is 5.63. The van der Waals surface area contributed by atoms with Gasteiger partial charge >= 0.3 is 0 Å². The molecular weight excluding hydrogens is 218 g/mol. The number of amides is 1. The van der Waals surface area contributed by atoms with Crippen LogP contribution in [-0.2, 0) is 11.3 Å². The summed E-state index contributed by atoms with van der Waals surface area (Å²) in [6.45, 7) is 6.07. The molecular formula is C12H19N3O2. The average molecular weight is 237 g/mol. The van der Waals surface area contributed by atoms with E-state index in [4.69, 9.17) is 5.21 Å². The fraction of sp³-hybridized carbons (Fsp3) is 0.500. The number of nitrogens with zero attached hydrogens (tertiary/aromatic N) is 1. The predicted octanol–water partition coefficient (Wildman–Crippen LogP) is 1.94. The monoisotopic (exact) mass is 237 g/mol. The largest absolute Gasteiger partial charge is 0.316 e. The Morgan fingerprint density at radius 2 is 2.24 bits per heavy atom. The smallest absolute Gasteiger partial charge is 0.231 e. The Kier molecular flexibility index (Phi) is 4.60. The molecule has 0 atom stereocenters. The summed E-state index contributed by atoms with van der Waals surface area (Å²) in [4.78, 5) is 16.0. The van der Waals surface area contributed by atoms with Crippen LogP contribution in [-0.4, -0.2) is 16.1 Å². The third kappa shape index (κ3) is 3.80. The van der Waals surface area contributed by atoms with Crippen LogP contribution in [0.2, 0.25) is 0 Å². The van der Waals surface area contributed by atoms with Crippen LogP contribution < -0.4 is 10.8 Å². The average Bonchev–Trinajstić information content (AvgIpc) is 2.30. The molecule has 1 aromatic rings. The summed E-state index contributed by atoms with van der Waals surface area (Å²) >= 11 is 0. The van der Waals surface area contributed by atoms with E-state index in [1.54, 1.807) is 18.3 Å². The number of hydrogen-bond acceptors (Lipinski definition) is 4. The normalized spacial score (nSPS) is 11.3. The minimum absolute atomic E-state index is 0.0541. The first-order chi connectivity index (χ1) is 7.99. The lowest BCUT2D eigenvalue weighted by atomic mass is 9.89. The molecule has 0 unspecified atom stereocenters. The fourth-order valence-corrected chi connectivity index (χ4v) is 1.19. The molecule has 0 saturated carbocycles. The number of aromatic nitrogens is 1. The zero-order valence-corrected chi connectivity index (χ0v) is 10.4. The maximum absolute atomic E-state index is 11.9. The minimum Gasteiger partial charge on any atom is -0.316 e. The van der Waals surface area contributed by atoms with Crippen molar-refractivity contribution in [2.24, 2.45) is 5.41 Å². The Hall–Kier alpha value is -1.46. The molecule has 0 aliphatic heterocycles. The Balaban J connectivity index is 2.75. The van der Waals surface area contributed by atoms with Crippen molar-refractivity contribution < 1.29 is 10.0 Å². The topological polar surface area (TPSA) is 74.2 Å². The first-order valence-corrected chi connectivity index (χ1v) is 5.63. The van der Waals surface area contributed by atoms with Gasteiger partial charge in [0.1, 0.15) is 5.82 Å². The molecule has 0 fully saturated rings. The third-order valence-electron chi connectivity index (χ3n) is 2.85. The van der Waals surface area contributed by atoms with E-state index in [-0.39, 0.29) is 5.91 Å². The number of carbonyl (C=O) groups is 1. The highest BCUT2D eigenvalue weighted by Crippen LogP contribution is 2.21. The zero-order valence-electron chi connectivity index (χ0n) is 10.4. The lowest BCUT2D eigenvalue weighted by molar-refractivity contribution is -0.124. The number of carbonyl (C=O) groups excluding carboxylic acids is 1. The molecule has 0 radical (unpaired) electrons. The van der Waals surface area contributed by atoms with Crippen LogP contribution in [0.15, 0.2) is 18.3 Å². The highest BCUT2D eigenvalue weighted by Gasteiger charge is 2.25. The van der Waals surface area contributed by atoms with Crippen LogP contribution in [0.4, 0.5) is 5.82 Å². The molecule has 0 spiro atoms. The highest BCUT2D eigenvalue weighted by molar-refractivity contribution is 5.93. The SMILES string of the molecule is CCC(C)(C)C(=O)Nc1cc(CNO)ccn1. The molecule has 1 aromatic heterocycles. The Bertz CT molecular complexity index is 391. The Labute approximate surface area is 101 Å². The molecule has 1 amide bonds. The standard InChI is InChI=1S/C12H19N3O2/c1-4-12(2,3)11(16)15-10-7-9(8-14-17)5-6-13-10/h5-7,14,17H,4,8H2,1-3H3,(H,13,15,16). The number of anilines is 1. The summed E-state index contributed by atoms with van der Waals surface area (Å²) in [5.41, 5.74) is 2.51. The predicted molar refractivity (Wildman–Crippen MR) is 65.6 cm³/mol. The van der Waals surface area contributed by atoms with Crippen molar-refractivity contribution in [2.45, 2.75) is 33.7 Å². The van der Waals surface area contributed by atoms with Crippen LogP contribution in [0.3, 0.4) is 0 Å². The van der Waals surface area contributed by atoms with Crippen LogP contribution in [0, 0.1) is 5.41 Å². The molecule has 1 heterocycles. The fourth-order valence-electron chi connectivity index (χ4n) is 1.19. The number of hydroxylamine groups is 1. The summed E-state index contributed by atoms with van der Waals surface area (Å²) in [6, 6.07) is 3.50. The highest BCUT2D eigenvalue weighted by atomic mass is 16.5. The van der Waals surface area contributed by atoms with Gasteiger partial charge in [-0.25, -0.2) is 10.5 Å². The summed E-state index contributed by atoms with van der Waals surface area (Å²) < 4.78 is 0. The van der Waals surface area contributed by atoms with Gasteiger partial charge in [-0.3, -0.25) is 4.79 Å². The lowest BCUT2D eigenvalue weighted by Gasteiger charge is -2.21. The van der Waals surface area contributed by atoms with E-state index in [2.05, 4.69) is 15.8 Å². The molecule has 94 valence electrons. The Morgan fingerprint density at radius 1 is 1.53 bits per heavy atom. The maximum Gasteiger partial charge on any atom is 0.231 e. The number of hydrogen-bond donors (Lipinski definition) is 3. The molecule has 0 aliphatic rings. The summed E-state index contributed by atoms with van der Waals surface area (Å²) in [7, 11) is 0. The van der Waals surface area contributed by atoms with Crippen molar-refractivity contribution in [1.29, 1.82) is 0 Å². The minimum atomic E-state index is -0.410. The second kappa shape index (κ2) is 5.75. The van der Waals surface area contributed by atoms with Crippen molar-refractivity contribution in [1.82, 2.24) is 10.5 Å². The van der Waals surface area contributed by atoms with Gasteiger partial charge in [0.15, 0.2) is 0 Å². The lowest BCUT2D eigenvalue weighted by Crippen LogP contribution is -2.30. The zero-order chi connectivity index (χ0) is 12.9. The maximum atomic E-state index is 11.9. The van der Waals surface area contributed by atoms with Crippen LogP contribution in [0.5, 0.6) is 0 Å². The Morgan fingerprint density at radius 3 is 2.82 bits per heavy atom. The summed E-state index contributed by atoms with van der Waals surface area (Å²) in [5, 5.41) is 11.4. The van der Waals surface area contributed by atoms with Gasteiger partial charge in [-0.2, -0.15) is 0 Å². The number of nitrogens with one attached hydrogen (secondary N) is 2. The second-order valence-corrected chi connectivity index (χ2v) is 4.58. The molecule has 0 aromatic carbocycles. The van der Waals surface area contributed by atoms with Crippen LogP contribution in [0.25, 0.3) is 0 Å². The van der Waals surface area contributed by atoms with E-state index >= 15 is 0 Å². The number of pyridine rings is 1. The van der Waals surface area contributed by atoms with Gasteiger partial charge in [-0.05, 0) is 24.1 Å². The summed E-state index contributed by atoms with van der Waals surface area (Å²) in [6.07, 6.45) is 2.36. The molecule has 3 N–H and O–H groups in total. The van der Waals surface area contributed by atoms with Gasteiger partial charge in [0.25, 0.3) is 0 Å². The summed E-state index contributed by atoms with van der Waals surface area (Å²) in [5.74, 6) is 0.450. The first kappa shape index (κ1) is 13.6. The van der Waals surface area contributed by atoms with Gasteiger partial charge in [0.2, 0.25) is 5.91 Å². The molecule has 0 saturated heterocycles. The quantitative estimate of drug-likeness (QED) is 0.684. The van der Waals surface area contributed by atoms with Crippen molar-refractivity contribution in [3.05, 3.63) is 23.9 Å². The van der Waals surface area contributed by atoms with Gasteiger partial charge in [0, 0.05) is 18.2 Å². The second-order valence-electron chi connectivity index (χ2n) is 4.58. The van der Waals surface area contributed by atoms with Gasteiger partial charge in [-0.15, -0.1) is 0 Å². The molecule has 5 nitrogen and oxygen atoms in total. The van der Waals surface area contributed by atoms with Crippen LogP contribution >= 0.6 is 0 Å². The molecule has 0 aliphatic carbocycles. The van der Waals surface area contributed by atoms with Gasteiger partial charge in [0.05, 0.1) is 0 Å². The van der Waals surface area contributed by atoms with Crippen molar-refractivity contribution in [3.8, 4) is 0 Å². The molecule has 1 rings (SSSR count). The molecule has 5 heteroatoms. The molecule has 0 bridgehead atoms. The van der Waals surface area contributed by atoms with Crippen molar-refractivity contribution in [2.75, 3.05) is 5.32 Å². The van der Waals surface area contributed by atoms with E-state index in [0.29, 0.717) is 12.4 Å². The molecule has 17 heavy (non-hydrogen) atoms. The van der Waals surface area contributed by atoms with Gasteiger partial charge in [-0.1, -0.05) is 20.8 Å². The van der Waals surface area contributed by atoms with Crippen molar-refractivity contribution in [3.63, 3.8) is 0 Å². The third-order valence-corrected chi connectivity index (χ3v) is 2.85.